The second-order valence-corrected chi connectivity index (χ2v) is 7.08. The molecule has 152 valence electrons. The maximum absolute atomic E-state index is 13.0. The van der Waals surface area contributed by atoms with Crippen molar-refractivity contribution in [2.75, 3.05) is 0 Å². The minimum Gasteiger partial charge on any atom is -0.340 e. The van der Waals surface area contributed by atoms with E-state index in [0.29, 0.717) is 23.5 Å². The molecule has 0 N–H and O–H groups in total. The molecule has 0 radical (unpaired) electrons. The number of rotatable bonds is 5. The fourth-order valence-corrected chi connectivity index (χ4v) is 2.94. The Balaban J connectivity index is 1.88. The fourth-order valence-electron chi connectivity index (χ4n) is 2.94. The van der Waals surface area contributed by atoms with Crippen molar-refractivity contribution < 1.29 is 18.0 Å². The van der Waals surface area contributed by atoms with Crippen molar-refractivity contribution in [2.45, 2.75) is 32.6 Å². The Morgan fingerprint density at radius 2 is 1.93 bits per heavy atom. The third-order valence-corrected chi connectivity index (χ3v) is 4.47. The molecule has 2 heterocycles. The first kappa shape index (κ1) is 20.6. The molecule has 0 bridgehead atoms. The molecule has 0 atom stereocenters. The Labute approximate surface area is 166 Å². The van der Waals surface area contributed by atoms with Gasteiger partial charge in [0.25, 0.3) is 5.91 Å². The first-order chi connectivity index (χ1) is 13.6. The third kappa shape index (κ3) is 4.82. The summed E-state index contributed by atoms with van der Waals surface area (Å²) in [7, 11) is 1.79. The van der Waals surface area contributed by atoms with Gasteiger partial charge in [-0.05, 0) is 43.7 Å². The molecule has 8 heteroatoms. The van der Waals surface area contributed by atoms with Crippen LogP contribution < -0.4 is 0 Å². The molecule has 0 saturated carbocycles. The number of alkyl halides is 3. The van der Waals surface area contributed by atoms with Crippen LogP contribution >= 0.6 is 0 Å². The number of aromatic nitrogens is 3. The van der Waals surface area contributed by atoms with Crippen LogP contribution in [0, 0.1) is 0 Å². The first-order valence-corrected chi connectivity index (χ1v) is 9.06. The van der Waals surface area contributed by atoms with E-state index in [1.165, 1.54) is 12.3 Å². The van der Waals surface area contributed by atoms with Crippen molar-refractivity contribution in [1.29, 1.82) is 0 Å². The Morgan fingerprint density at radius 3 is 2.55 bits per heavy atom. The van der Waals surface area contributed by atoms with Crippen molar-refractivity contribution in [3.63, 3.8) is 0 Å². The summed E-state index contributed by atoms with van der Waals surface area (Å²) in [6.45, 7) is 4.09. The van der Waals surface area contributed by atoms with Crippen LogP contribution in [0.15, 0.2) is 55.1 Å². The largest absolute Gasteiger partial charge is 0.416 e. The summed E-state index contributed by atoms with van der Waals surface area (Å²) in [4.78, 5) is 22.8. The zero-order chi connectivity index (χ0) is 21.2. The van der Waals surface area contributed by atoms with E-state index >= 15 is 0 Å². The van der Waals surface area contributed by atoms with Crippen LogP contribution in [-0.2, 0) is 19.8 Å². The number of aryl methyl sites for hydroxylation is 1. The van der Waals surface area contributed by atoms with Gasteiger partial charge < -0.3 is 9.47 Å². The van der Waals surface area contributed by atoms with Crippen molar-refractivity contribution >= 4 is 5.91 Å². The molecule has 0 unspecified atom stereocenters. The van der Waals surface area contributed by atoms with Crippen LogP contribution in [0.5, 0.6) is 0 Å². The van der Waals surface area contributed by atoms with E-state index in [4.69, 9.17) is 0 Å². The van der Waals surface area contributed by atoms with Gasteiger partial charge in [-0.3, -0.25) is 9.78 Å². The summed E-state index contributed by atoms with van der Waals surface area (Å²) >= 11 is 0. The average molecular weight is 402 g/mol. The number of hydrogen-bond donors (Lipinski definition) is 0. The van der Waals surface area contributed by atoms with Gasteiger partial charge in [-0.2, -0.15) is 13.2 Å². The van der Waals surface area contributed by atoms with Gasteiger partial charge in [0, 0.05) is 37.6 Å². The highest BCUT2D eigenvalue weighted by atomic mass is 19.4. The van der Waals surface area contributed by atoms with Gasteiger partial charge in [0.2, 0.25) is 0 Å². The average Bonchev–Trinajstić information content (AvgIpc) is 3.11. The second-order valence-electron chi connectivity index (χ2n) is 7.08. The minimum atomic E-state index is -4.42. The summed E-state index contributed by atoms with van der Waals surface area (Å²) in [6, 6.07) is 8.41. The van der Waals surface area contributed by atoms with Gasteiger partial charge in [0.05, 0.1) is 17.6 Å². The molecule has 29 heavy (non-hydrogen) atoms. The van der Waals surface area contributed by atoms with Crippen molar-refractivity contribution in [3.05, 3.63) is 71.9 Å². The van der Waals surface area contributed by atoms with E-state index in [1.54, 1.807) is 47.2 Å². The Bertz CT molecular complexity index is 1010. The molecule has 0 saturated heterocycles. The highest BCUT2D eigenvalue weighted by molar-refractivity contribution is 5.92. The van der Waals surface area contributed by atoms with Crippen molar-refractivity contribution in [2.24, 2.45) is 7.05 Å². The molecule has 0 spiro atoms. The molecule has 3 rings (SSSR count). The summed E-state index contributed by atoms with van der Waals surface area (Å²) in [5, 5.41) is 0. The molecular formula is C21H21F3N4O. The van der Waals surface area contributed by atoms with Gasteiger partial charge >= 0.3 is 6.18 Å². The summed E-state index contributed by atoms with van der Waals surface area (Å²) in [5.41, 5.74) is 1.17. The molecule has 0 aliphatic carbocycles. The number of halogens is 3. The molecule has 1 amide bonds. The van der Waals surface area contributed by atoms with Crippen LogP contribution in [-0.4, -0.2) is 31.4 Å². The zero-order valence-electron chi connectivity index (χ0n) is 16.3. The zero-order valence-corrected chi connectivity index (χ0v) is 16.3. The van der Waals surface area contributed by atoms with Crippen molar-refractivity contribution in [1.82, 2.24) is 19.4 Å². The summed E-state index contributed by atoms with van der Waals surface area (Å²) < 4.78 is 40.7. The SMILES string of the molecule is CC(C)N(Cc1ccnc(-c2cccc(C(F)(F)F)c2)c1)C(=O)c1cn(C)cn1. The van der Waals surface area contributed by atoms with E-state index in [1.807, 2.05) is 13.8 Å². The van der Waals surface area contributed by atoms with Gasteiger partial charge in [-0.25, -0.2) is 4.98 Å². The van der Waals surface area contributed by atoms with E-state index in [-0.39, 0.29) is 11.9 Å². The van der Waals surface area contributed by atoms with E-state index < -0.39 is 11.7 Å². The lowest BCUT2D eigenvalue weighted by Gasteiger charge is -2.26. The number of pyridine rings is 1. The summed E-state index contributed by atoms with van der Waals surface area (Å²) in [5.74, 6) is -0.210. The maximum atomic E-state index is 13.0. The van der Waals surface area contributed by atoms with E-state index in [0.717, 1.165) is 17.7 Å². The predicted octanol–water partition coefficient (Wildman–Crippen LogP) is 4.55. The maximum Gasteiger partial charge on any atom is 0.416 e. The van der Waals surface area contributed by atoms with E-state index in [2.05, 4.69) is 9.97 Å². The monoisotopic (exact) mass is 402 g/mol. The molecule has 0 aliphatic heterocycles. The fraction of sp³-hybridized carbons (Fsp3) is 0.286. The van der Waals surface area contributed by atoms with E-state index in [9.17, 15) is 18.0 Å². The lowest BCUT2D eigenvalue weighted by atomic mass is 10.1. The topological polar surface area (TPSA) is 51.0 Å². The second kappa shape index (κ2) is 8.06. The Morgan fingerprint density at radius 1 is 1.17 bits per heavy atom. The molecule has 0 aliphatic rings. The van der Waals surface area contributed by atoms with Crippen LogP contribution in [0.25, 0.3) is 11.3 Å². The number of imidazole rings is 1. The number of nitrogens with zero attached hydrogens (tertiary/aromatic N) is 4. The summed E-state index contributed by atoms with van der Waals surface area (Å²) in [6.07, 6.45) is 0.327. The Hall–Kier alpha value is -3.16. The third-order valence-electron chi connectivity index (χ3n) is 4.47. The first-order valence-electron chi connectivity index (χ1n) is 9.06. The molecule has 0 fully saturated rings. The molecule has 3 aromatic rings. The molecule has 5 nitrogen and oxygen atoms in total. The lowest BCUT2D eigenvalue weighted by Crippen LogP contribution is -2.36. The molecule has 1 aromatic carbocycles. The number of amides is 1. The van der Waals surface area contributed by atoms with Crippen LogP contribution in [0.4, 0.5) is 13.2 Å². The quantitative estimate of drug-likeness (QED) is 0.629. The minimum absolute atomic E-state index is 0.0883. The van der Waals surface area contributed by atoms with Crippen LogP contribution in [0.3, 0.4) is 0 Å². The van der Waals surface area contributed by atoms with Crippen LogP contribution in [0.2, 0.25) is 0 Å². The van der Waals surface area contributed by atoms with Gasteiger partial charge in [0.15, 0.2) is 0 Å². The standard InChI is InChI=1S/C21H21F3N4O/c1-14(2)28(20(29)19-12-27(3)13-26-19)11-15-7-8-25-18(9-15)16-5-4-6-17(10-16)21(22,23)24/h4-10,12-14H,11H2,1-3H3. The van der Waals surface area contributed by atoms with Gasteiger partial charge in [-0.1, -0.05) is 12.1 Å². The highest BCUT2D eigenvalue weighted by Crippen LogP contribution is 2.32. The smallest absolute Gasteiger partial charge is 0.340 e. The molecular weight excluding hydrogens is 381 g/mol. The highest BCUT2D eigenvalue weighted by Gasteiger charge is 2.30. The normalized spacial score (nSPS) is 11.7. The van der Waals surface area contributed by atoms with Gasteiger partial charge in [-0.15, -0.1) is 0 Å². The Kier molecular flexibility index (Phi) is 5.72. The van der Waals surface area contributed by atoms with Crippen molar-refractivity contribution in [3.8, 4) is 11.3 Å². The van der Waals surface area contributed by atoms with Crippen LogP contribution in [0.1, 0.15) is 35.5 Å². The number of benzene rings is 1. The predicted molar refractivity (Wildman–Crippen MR) is 103 cm³/mol. The number of hydrogen-bond acceptors (Lipinski definition) is 3. The number of carbonyl (C=O) groups excluding carboxylic acids is 1. The molecule has 2 aromatic heterocycles. The lowest BCUT2D eigenvalue weighted by molar-refractivity contribution is -0.137. The number of carbonyl (C=O) groups is 1. The van der Waals surface area contributed by atoms with Gasteiger partial charge in [0.1, 0.15) is 5.69 Å².